The maximum Gasteiger partial charge on any atom is 0.140 e. The lowest BCUT2D eigenvalue weighted by Crippen LogP contribution is -2.12. The standard InChI is InChI=1S/C11H14FN3/c12-10-4-3-8(6-9(10)7-14)11(15)2-1-5-13/h3-4,6,11H,1-2,5,13,15H2/t11-/m1/s1. The molecule has 1 atom stereocenters. The van der Waals surface area contributed by atoms with Gasteiger partial charge in [0.25, 0.3) is 0 Å². The first-order valence-electron chi connectivity index (χ1n) is 4.84. The van der Waals surface area contributed by atoms with E-state index in [1.165, 1.54) is 12.1 Å². The lowest BCUT2D eigenvalue weighted by atomic mass is 10.0. The van der Waals surface area contributed by atoms with E-state index in [4.69, 9.17) is 16.7 Å². The van der Waals surface area contributed by atoms with E-state index >= 15 is 0 Å². The average molecular weight is 207 g/mol. The molecule has 0 unspecified atom stereocenters. The monoisotopic (exact) mass is 207 g/mol. The van der Waals surface area contributed by atoms with Crippen molar-refractivity contribution in [2.45, 2.75) is 18.9 Å². The van der Waals surface area contributed by atoms with Crippen molar-refractivity contribution in [3.8, 4) is 6.07 Å². The molecule has 0 radical (unpaired) electrons. The highest BCUT2D eigenvalue weighted by Crippen LogP contribution is 2.18. The first-order chi connectivity index (χ1) is 7.19. The number of halogens is 1. The predicted molar refractivity (Wildman–Crippen MR) is 56.3 cm³/mol. The lowest BCUT2D eigenvalue weighted by Gasteiger charge is -2.11. The van der Waals surface area contributed by atoms with Crippen LogP contribution in [0.2, 0.25) is 0 Å². The van der Waals surface area contributed by atoms with Gasteiger partial charge in [0.15, 0.2) is 0 Å². The second-order valence-corrected chi connectivity index (χ2v) is 3.39. The Bertz CT molecular complexity index is 371. The Balaban J connectivity index is 2.82. The van der Waals surface area contributed by atoms with Crippen LogP contribution in [-0.2, 0) is 0 Å². The Hall–Kier alpha value is -1.44. The zero-order chi connectivity index (χ0) is 11.3. The summed E-state index contributed by atoms with van der Waals surface area (Å²) in [6.45, 7) is 0.583. The van der Waals surface area contributed by atoms with E-state index in [0.29, 0.717) is 6.54 Å². The normalized spacial score (nSPS) is 12.1. The number of nitrogens with two attached hydrogens (primary N) is 2. The molecule has 1 aromatic carbocycles. The molecule has 0 aliphatic carbocycles. The van der Waals surface area contributed by atoms with Gasteiger partial charge in [-0.25, -0.2) is 4.39 Å². The molecule has 0 saturated carbocycles. The van der Waals surface area contributed by atoms with Crippen LogP contribution in [0.15, 0.2) is 18.2 Å². The molecule has 0 fully saturated rings. The molecule has 0 aliphatic rings. The molecule has 1 aromatic rings. The van der Waals surface area contributed by atoms with Crippen LogP contribution in [0.25, 0.3) is 0 Å². The molecule has 3 nitrogen and oxygen atoms in total. The summed E-state index contributed by atoms with van der Waals surface area (Å²) in [5, 5.41) is 8.65. The van der Waals surface area contributed by atoms with Crippen LogP contribution in [0.5, 0.6) is 0 Å². The van der Waals surface area contributed by atoms with Gasteiger partial charge in [0.05, 0.1) is 5.56 Å². The number of rotatable bonds is 4. The first kappa shape index (κ1) is 11.6. The summed E-state index contributed by atoms with van der Waals surface area (Å²) >= 11 is 0. The van der Waals surface area contributed by atoms with Gasteiger partial charge < -0.3 is 11.5 Å². The summed E-state index contributed by atoms with van der Waals surface area (Å²) in [7, 11) is 0. The third-order valence-electron chi connectivity index (χ3n) is 2.26. The van der Waals surface area contributed by atoms with Gasteiger partial charge in [0.1, 0.15) is 11.9 Å². The third-order valence-corrected chi connectivity index (χ3v) is 2.26. The number of benzene rings is 1. The predicted octanol–water partition coefficient (Wildman–Crippen LogP) is 1.44. The molecule has 0 heterocycles. The fourth-order valence-corrected chi connectivity index (χ4v) is 1.36. The van der Waals surface area contributed by atoms with Crippen molar-refractivity contribution in [2.75, 3.05) is 6.54 Å². The fourth-order valence-electron chi connectivity index (χ4n) is 1.36. The van der Waals surface area contributed by atoms with Gasteiger partial charge in [0.2, 0.25) is 0 Å². The molecule has 0 aromatic heterocycles. The largest absolute Gasteiger partial charge is 0.330 e. The molecule has 0 spiro atoms. The molecule has 15 heavy (non-hydrogen) atoms. The smallest absolute Gasteiger partial charge is 0.140 e. The summed E-state index contributed by atoms with van der Waals surface area (Å²) in [6, 6.07) is 5.99. The second kappa shape index (κ2) is 5.44. The van der Waals surface area contributed by atoms with Crippen LogP contribution in [0.4, 0.5) is 4.39 Å². The van der Waals surface area contributed by atoms with Crippen molar-refractivity contribution in [3.63, 3.8) is 0 Å². The lowest BCUT2D eigenvalue weighted by molar-refractivity contribution is 0.605. The molecule has 0 saturated heterocycles. The summed E-state index contributed by atoms with van der Waals surface area (Å²) in [5.74, 6) is -0.507. The summed E-state index contributed by atoms with van der Waals surface area (Å²) in [4.78, 5) is 0. The maximum absolute atomic E-state index is 13.0. The molecular formula is C11H14FN3. The summed E-state index contributed by atoms with van der Waals surface area (Å²) < 4.78 is 13.0. The first-order valence-corrected chi connectivity index (χ1v) is 4.84. The van der Waals surface area contributed by atoms with Gasteiger partial charge in [-0.1, -0.05) is 6.07 Å². The van der Waals surface area contributed by atoms with Crippen LogP contribution < -0.4 is 11.5 Å². The molecule has 4 N–H and O–H groups in total. The van der Waals surface area contributed by atoms with Gasteiger partial charge in [-0.15, -0.1) is 0 Å². The van der Waals surface area contributed by atoms with Crippen LogP contribution in [0.3, 0.4) is 0 Å². The summed E-state index contributed by atoms with van der Waals surface area (Å²) in [6.07, 6.45) is 1.56. The zero-order valence-corrected chi connectivity index (χ0v) is 8.41. The minimum Gasteiger partial charge on any atom is -0.330 e. The van der Waals surface area contributed by atoms with Crippen molar-refractivity contribution >= 4 is 0 Å². The van der Waals surface area contributed by atoms with E-state index in [1.807, 2.05) is 0 Å². The minimum absolute atomic E-state index is 0.0377. The third kappa shape index (κ3) is 3.01. The van der Waals surface area contributed by atoms with Crippen molar-refractivity contribution in [3.05, 3.63) is 35.1 Å². The van der Waals surface area contributed by atoms with E-state index in [1.54, 1.807) is 12.1 Å². The van der Waals surface area contributed by atoms with Gasteiger partial charge in [-0.05, 0) is 37.1 Å². The number of nitriles is 1. The number of hydrogen-bond acceptors (Lipinski definition) is 3. The molecule has 1 rings (SSSR count). The minimum atomic E-state index is -0.507. The highest BCUT2D eigenvalue weighted by Gasteiger charge is 2.08. The molecular weight excluding hydrogens is 193 g/mol. The Morgan fingerprint density at radius 3 is 2.80 bits per heavy atom. The van der Waals surface area contributed by atoms with E-state index in [9.17, 15) is 4.39 Å². The number of nitrogens with zero attached hydrogens (tertiary/aromatic N) is 1. The Labute approximate surface area is 88.5 Å². The SMILES string of the molecule is N#Cc1cc([C@H](N)CCCN)ccc1F. The van der Waals surface area contributed by atoms with E-state index in [2.05, 4.69) is 0 Å². The van der Waals surface area contributed by atoms with Gasteiger partial charge in [-0.2, -0.15) is 5.26 Å². The quantitative estimate of drug-likeness (QED) is 0.784. The highest BCUT2D eigenvalue weighted by atomic mass is 19.1. The zero-order valence-electron chi connectivity index (χ0n) is 8.41. The Morgan fingerprint density at radius 1 is 1.47 bits per heavy atom. The molecule has 4 heteroatoms. The van der Waals surface area contributed by atoms with Crippen LogP contribution in [-0.4, -0.2) is 6.54 Å². The molecule has 0 amide bonds. The maximum atomic E-state index is 13.0. The van der Waals surface area contributed by atoms with E-state index < -0.39 is 5.82 Å². The molecule has 80 valence electrons. The van der Waals surface area contributed by atoms with Crippen molar-refractivity contribution < 1.29 is 4.39 Å². The second-order valence-electron chi connectivity index (χ2n) is 3.39. The van der Waals surface area contributed by atoms with Gasteiger partial charge in [-0.3, -0.25) is 0 Å². The van der Waals surface area contributed by atoms with Crippen molar-refractivity contribution in [1.82, 2.24) is 0 Å². The highest BCUT2D eigenvalue weighted by molar-refractivity contribution is 5.35. The fraction of sp³-hybridized carbons (Fsp3) is 0.364. The van der Waals surface area contributed by atoms with Crippen LogP contribution >= 0.6 is 0 Å². The van der Waals surface area contributed by atoms with Crippen molar-refractivity contribution in [2.24, 2.45) is 11.5 Å². The van der Waals surface area contributed by atoms with E-state index in [-0.39, 0.29) is 11.6 Å². The van der Waals surface area contributed by atoms with Crippen LogP contribution in [0.1, 0.15) is 30.0 Å². The Morgan fingerprint density at radius 2 is 2.20 bits per heavy atom. The molecule has 0 bridgehead atoms. The molecule has 0 aliphatic heterocycles. The summed E-state index contributed by atoms with van der Waals surface area (Å²) in [5.41, 5.74) is 12.1. The number of hydrogen-bond donors (Lipinski definition) is 2. The average Bonchev–Trinajstić information content (AvgIpc) is 2.26. The van der Waals surface area contributed by atoms with Gasteiger partial charge in [0, 0.05) is 6.04 Å². The Kier molecular flexibility index (Phi) is 4.22. The topological polar surface area (TPSA) is 75.8 Å². The van der Waals surface area contributed by atoms with Gasteiger partial charge >= 0.3 is 0 Å². The van der Waals surface area contributed by atoms with Crippen molar-refractivity contribution in [1.29, 1.82) is 5.26 Å². The van der Waals surface area contributed by atoms with E-state index in [0.717, 1.165) is 18.4 Å². The van der Waals surface area contributed by atoms with Crippen LogP contribution in [0, 0.1) is 17.1 Å².